The molecule has 3 aromatic rings. The summed E-state index contributed by atoms with van der Waals surface area (Å²) in [7, 11) is 0.486. The highest BCUT2D eigenvalue weighted by molar-refractivity contribution is 7.93. The standard InChI is InChI=1S/C22H27N7O5S/c1-13(18(34-4)19-23-11-14(32-2)12-24-19)35(30,31)28-21-27-26-20(15-6-5-7-17(25-15)33-3)29(21)16-10-22(16)8-9-22/h5-7,11-13,16,18H,8-10H2,1-4H3,(H,27,28)/t13-,16-,18-/m0/s1. The van der Waals surface area contributed by atoms with Gasteiger partial charge in [-0.15, -0.1) is 10.2 Å². The van der Waals surface area contributed by atoms with Gasteiger partial charge >= 0.3 is 0 Å². The van der Waals surface area contributed by atoms with E-state index in [2.05, 4.69) is 29.9 Å². The van der Waals surface area contributed by atoms with Crippen LogP contribution in [-0.4, -0.2) is 64.7 Å². The van der Waals surface area contributed by atoms with Crippen molar-refractivity contribution in [3.63, 3.8) is 0 Å². The zero-order valence-electron chi connectivity index (χ0n) is 19.9. The van der Waals surface area contributed by atoms with Gasteiger partial charge in [-0.2, -0.15) is 0 Å². The van der Waals surface area contributed by atoms with Crippen LogP contribution >= 0.6 is 0 Å². The van der Waals surface area contributed by atoms with Crippen molar-refractivity contribution in [2.75, 3.05) is 26.1 Å². The Labute approximate surface area is 203 Å². The Bertz CT molecular complexity index is 1320. The molecule has 0 saturated heterocycles. The summed E-state index contributed by atoms with van der Waals surface area (Å²) in [5.74, 6) is 1.77. The maximum atomic E-state index is 13.4. The Hall–Kier alpha value is -3.32. The lowest BCUT2D eigenvalue weighted by Crippen LogP contribution is -2.33. The predicted molar refractivity (Wildman–Crippen MR) is 125 cm³/mol. The van der Waals surface area contributed by atoms with Crippen LogP contribution in [0.1, 0.15) is 44.2 Å². The van der Waals surface area contributed by atoms with Gasteiger partial charge in [0, 0.05) is 19.2 Å². The minimum Gasteiger partial charge on any atom is -0.494 e. The number of anilines is 1. The molecule has 3 heterocycles. The molecule has 0 unspecified atom stereocenters. The molecular formula is C22H27N7O5S. The van der Waals surface area contributed by atoms with E-state index in [9.17, 15) is 8.42 Å². The van der Waals surface area contributed by atoms with Gasteiger partial charge in [0.2, 0.25) is 21.9 Å². The highest BCUT2D eigenvalue weighted by atomic mass is 32.2. The average molecular weight is 502 g/mol. The van der Waals surface area contributed by atoms with Gasteiger partial charge in [0.15, 0.2) is 17.4 Å². The number of rotatable bonds is 10. The average Bonchev–Trinajstić information content (AvgIpc) is 3.77. The fourth-order valence-electron chi connectivity index (χ4n) is 4.34. The molecule has 3 aromatic heterocycles. The van der Waals surface area contributed by atoms with Gasteiger partial charge in [-0.05, 0) is 37.7 Å². The van der Waals surface area contributed by atoms with E-state index in [0.29, 0.717) is 23.1 Å². The highest BCUT2D eigenvalue weighted by Gasteiger charge is 2.65. The third-order valence-corrected chi connectivity index (χ3v) is 8.44. The zero-order valence-corrected chi connectivity index (χ0v) is 20.7. The number of pyridine rings is 1. The zero-order chi connectivity index (χ0) is 24.8. The Kier molecular flexibility index (Phi) is 5.83. The summed E-state index contributed by atoms with van der Waals surface area (Å²) in [6.07, 6.45) is 5.17. The maximum absolute atomic E-state index is 13.4. The number of methoxy groups -OCH3 is 3. The smallest absolute Gasteiger partial charge is 0.240 e. The monoisotopic (exact) mass is 501 g/mol. The molecule has 0 radical (unpaired) electrons. The fourth-order valence-corrected chi connectivity index (χ4v) is 5.48. The summed E-state index contributed by atoms with van der Waals surface area (Å²) in [4.78, 5) is 12.9. The van der Waals surface area contributed by atoms with Crippen molar-refractivity contribution < 1.29 is 22.6 Å². The highest BCUT2D eigenvalue weighted by Crippen LogP contribution is 2.73. The second-order valence-electron chi connectivity index (χ2n) is 8.85. The number of nitrogens with zero attached hydrogens (tertiary/aromatic N) is 6. The van der Waals surface area contributed by atoms with E-state index in [1.54, 1.807) is 12.1 Å². The molecule has 2 aliphatic carbocycles. The third-order valence-electron chi connectivity index (χ3n) is 6.75. The minimum absolute atomic E-state index is 0.108. The third kappa shape index (κ3) is 4.29. The SMILES string of the molecule is COc1cnc([C@@H](OC)[C@H](C)S(=O)(=O)Nc2nnc(-c3cccc(OC)n3)n2[C@H]2CC23CC3)nc1. The van der Waals surface area contributed by atoms with Crippen molar-refractivity contribution in [3.8, 4) is 23.1 Å². The van der Waals surface area contributed by atoms with Crippen LogP contribution in [0.3, 0.4) is 0 Å². The lowest BCUT2D eigenvalue weighted by molar-refractivity contribution is 0.0948. The van der Waals surface area contributed by atoms with Gasteiger partial charge in [0.05, 0.1) is 26.6 Å². The number of sulfonamides is 1. The quantitative estimate of drug-likeness (QED) is 0.440. The molecule has 13 heteroatoms. The van der Waals surface area contributed by atoms with Crippen LogP contribution in [-0.2, 0) is 14.8 Å². The number of hydrogen-bond acceptors (Lipinski definition) is 10. The molecule has 2 aliphatic rings. The van der Waals surface area contributed by atoms with E-state index < -0.39 is 21.4 Å². The summed E-state index contributed by atoms with van der Waals surface area (Å²) in [5.41, 5.74) is 0.757. The molecule has 0 aromatic carbocycles. The minimum atomic E-state index is -3.97. The Morgan fingerprint density at radius 1 is 1.11 bits per heavy atom. The summed E-state index contributed by atoms with van der Waals surface area (Å²) in [6, 6.07) is 5.45. The van der Waals surface area contributed by atoms with Crippen molar-refractivity contribution in [3.05, 3.63) is 36.4 Å². The molecule has 2 saturated carbocycles. The molecule has 0 bridgehead atoms. The van der Waals surface area contributed by atoms with Crippen LogP contribution in [0.25, 0.3) is 11.5 Å². The Morgan fingerprint density at radius 3 is 2.46 bits per heavy atom. The lowest BCUT2D eigenvalue weighted by Gasteiger charge is -2.22. The molecule has 35 heavy (non-hydrogen) atoms. The van der Waals surface area contributed by atoms with E-state index in [-0.39, 0.29) is 23.2 Å². The molecule has 1 N–H and O–H groups in total. The van der Waals surface area contributed by atoms with Crippen molar-refractivity contribution in [2.24, 2.45) is 5.41 Å². The molecule has 186 valence electrons. The Balaban J connectivity index is 1.46. The molecule has 3 atom stereocenters. The molecule has 0 aliphatic heterocycles. The maximum Gasteiger partial charge on any atom is 0.240 e. The van der Waals surface area contributed by atoms with Crippen molar-refractivity contribution >= 4 is 16.0 Å². The first-order chi connectivity index (χ1) is 16.8. The largest absolute Gasteiger partial charge is 0.494 e. The molecule has 12 nitrogen and oxygen atoms in total. The fraction of sp³-hybridized carbons (Fsp3) is 0.500. The molecule has 0 amide bonds. The number of hydrogen-bond donors (Lipinski definition) is 1. The first kappa shape index (κ1) is 23.4. The van der Waals surface area contributed by atoms with E-state index in [0.717, 1.165) is 19.3 Å². The van der Waals surface area contributed by atoms with Gasteiger partial charge in [-0.25, -0.2) is 23.4 Å². The molecule has 2 fully saturated rings. The normalized spacial score (nSPS) is 19.7. The van der Waals surface area contributed by atoms with Crippen LogP contribution in [0.4, 0.5) is 5.95 Å². The van der Waals surface area contributed by atoms with Crippen molar-refractivity contribution in [1.29, 1.82) is 0 Å². The topological polar surface area (TPSA) is 143 Å². The van der Waals surface area contributed by atoms with Gasteiger partial charge in [0.1, 0.15) is 17.0 Å². The van der Waals surface area contributed by atoms with E-state index in [1.165, 1.54) is 40.6 Å². The summed E-state index contributed by atoms with van der Waals surface area (Å²) >= 11 is 0. The van der Waals surface area contributed by atoms with Gasteiger partial charge in [-0.3, -0.25) is 9.29 Å². The van der Waals surface area contributed by atoms with Crippen LogP contribution in [0, 0.1) is 5.41 Å². The Morgan fingerprint density at radius 2 is 1.86 bits per heavy atom. The first-order valence-electron chi connectivity index (χ1n) is 11.2. The second kappa shape index (κ2) is 8.72. The summed E-state index contributed by atoms with van der Waals surface area (Å²) < 4.78 is 47.1. The van der Waals surface area contributed by atoms with Crippen molar-refractivity contribution in [2.45, 2.75) is 43.6 Å². The predicted octanol–water partition coefficient (Wildman–Crippen LogP) is 2.39. The van der Waals surface area contributed by atoms with Gasteiger partial charge < -0.3 is 14.2 Å². The van der Waals surface area contributed by atoms with Crippen LogP contribution in [0.5, 0.6) is 11.6 Å². The number of ether oxygens (including phenoxy) is 3. The lowest BCUT2D eigenvalue weighted by atomic mass is 10.2. The summed E-state index contributed by atoms with van der Waals surface area (Å²) in [5, 5.41) is 7.48. The van der Waals surface area contributed by atoms with E-state index in [1.807, 2.05) is 10.6 Å². The van der Waals surface area contributed by atoms with Crippen LogP contribution in [0.15, 0.2) is 30.6 Å². The first-order valence-corrected chi connectivity index (χ1v) is 12.7. The van der Waals surface area contributed by atoms with E-state index in [4.69, 9.17) is 14.2 Å². The van der Waals surface area contributed by atoms with Gasteiger partial charge in [-0.1, -0.05) is 6.07 Å². The van der Waals surface area contributed by atoms with E-state index >= 15 is 0 Å². The number of aromatic nitrogens is 6. The van der Waals surface area contributed by atoms with Crippen LogP contribution in [0.2, 0.25) is 0 Å². The molecular weight excluding hydrogens is 474 g/mol. The van der Waals surface area contributed by atoms with Gasteiger partial charge in [0.25, 0.3) is 0 Å². The second-order valence-corrected chi connectivity index (χ2v) is 10.9. The van der Waals surface area contributed by atoms with Crippen molar-refractivity contribution in [1.82, 2.24) is 29.7 Å². The van der Waals surface area contributed by atoms with Crippen LogP contribution < -0.4 is 14.2 Å². The number of nitrogens with one attached hydrogen (secondary N) is 1. The molecule has 5 rings (SSSR count). The summed E-state index contributed by atoms with van der Waals surface area (Å²) in [6.45, 7) is 1.54. The molecule has 1 spiro atoms.